The van der Waals surface area contributed by atoms with Gasteiger partial charge < -0.3 is 20.3 Å². The summed E-state index contributed by atoms with van der Waals surface area (Å²) in [5, 5.41) is 6.30. The SMILES string of the molecule is CCCC1(C)CCCN(C(=NC)NCc2ccc(OC)c(NC(C)=O)c2)C1.I. The fourth-order valence-corrected chi connectivity index (χ4v) is 3.97. The van der Waals surface area contributed by atoms with Crippen molar-refractivity contribution in [2.75, 3.05) is 32.6 Å². The lowest BCUT2D eigenvalue weighted by Gasteiger charge is -2.42. The van der Waals surface area contributed by atoms with Gasteiger partial charge in [-0.15, -0.1) is 24.0 Å². The number of amides is 1. The Bertz CT molecular complexity index is 676. The van der Waals surface area contributed by atoms with E-state index in [2.05, 4.69) is 34.4 Å². The van der Waals surface area contributed by atoms with Crippen molar-refractivity contribution in [1.29, 1.82) is 0 Å². The Morgan fingerprint density at radius 1 is 1.39 bits per heavy atom. The van der Waals surface area contributed by atoms with Gasteiger partial charge in [0, 0.05) is 33.6 Å². The van der Waals surface area contributed by atoms with Crippen molar-refractivity contribution in [1.82, 2.24) is 10.2 Å². The molecule has 1 unspecified atom stereocenters. The first-order valence-electron chi connectivity index (χ1n) is 9.81. The topological polar surface area (TPSA) is 66.0 Å². The lowest BCUT2D eigenvalue weighted by Crippen LogP contribution is -2.49. The van der Waals surface area contributed by atoms with E-state index in [1.165, 1.54) is 32.6 Å². The number of nitrogens with one attached hydrogen (secondary N) is 2. The Morgan fingerprint density at radius 3 is 2.75 bits per heavy atom. The summed E-state index contributed by atoms with van der Waals surface area (Å²) in [6.45, 7) is 8.87. The third kappa shape index (κ3) is 6.83. The summed E-state index contributed by atoms with van der Waals surface area (Å²) in [6, 6.07) is 5.82. The predicted octanol–water partition coefficient (Wildman–Crippen LogP) is 4.25. The van der Waals surface area contributed by atoms with Gasteiger partial charge in [-0.3, -0.25) is 9.79 Å². The number of carbonyl (C=O) groups excluding carboxylic acids is 1. The maximum Gasteiger partial charge on any atom is 0.221 e. The van der Waals surface area contributed by atoms with Crippen LogP contribution in [0.15, 0.2) is 23.2 Å². The molecule has 28 heavy (non-hydrogen) atoms. The number of halogens is 1. The van der Waals surface area contributed by atoms with E-state index in [1.807, 2.05) is 25.2 Å². The highest BCUT2D eigenvalue weighted by Gasteiger charge is 2.31. The van der Waals surface area contributed by atoms with E-state index in [9.17, 15) is 4.79 Å². The fraction of sp³-hybridized carbons (Fsp3) is 0.619. The maximum atomic E-state index is 11.4. The van der Waals surface area contributed by atoms with Gasteiger partial charge in [-0.2, -0.15) is 0 Å². The normalized spacial score (nSPS) is 19.6. The van der Waals surface area contributed by atoms with Crippen molar-refractivity contribution in [3.63, 3.8) is 0 Å². The van der Waals surface area contributed by atoms with E-state index in [0.717, 1.165) is 24.6 Å². The van der Waals surface area contributed by atoms with Crippen molar-refractivity contribution >= 4 is 41.5 Å². The number of benzene rings is 1. The molecule has 6 nitrogen and oxygen atoms in total. The standard InChI is InChI=1S/C21H34N4O2.HI/c1-6-10-21(3)11-7-12-25(15-21)20(22-4)23-14-17-8-9-19(27-5)18(13-17)24-16(2)26;/h8-9,13H,6-7,10-12,14-15H2,1-5H3,(H,22,23)(H,24,26);1H. The first-order chi connectivity index (χ1) is 12.9. The first-order valence-corrected chi connectivity index (χ1v) is 9.81. The maximum absolute atomic E-state index is 11.4. The number of carbonyl (C=O) groups is 1. The number of aliphatic imine (C=N–C) groups is 1. The van der Waals surface area contributed by atoms with Crippen LogP contribution >= 0.6 is 24.0 Å². The van der Waals surface area contributed by atoms with E-state index in [-0.39, 0.29) is 29.9 Å². The summed E-state index contributed by atoms with van der Waals surface area (Å²) in [5.41, 5.74) is 2.12. The Morgan fingerprint density at radius 2 is 2.14 bits per heavy atom. The molecule has 1 fully saturated rings. The number of guanidine groups is 1. The number of methoxy groups -OCH3 is 1. The average molecular weight is 502 g/mol. The number of rotatable bonds is 6. The molecule has 0 aromatic heterocycles. The van der Waals surface area contributed by atoms with Crippen LogP contribution in [-0.4, -0.2) is 44.0 Å². The summed E-state index contributed by atoms with van der Waals surface area (Å²) in [5.74, 6) is 1.48. The molecule has 1 aliphatic heterocycles. The number of nitrogens with zero attached hydrogens (tertiary/aromatic N) is 2. The number of piperidine rings is 1. The molecule has 1 heterocycles. The zero-order chi connectivity index (χ0) is 19.9. The molecule has 1 aromatic rings. The van der Waals surface area contributed by atoms with Gasteiger partial charge in [-0.25, -0.2) is 0 Å². The minimum atomic E-state index is -0.113. The Labute approximate surface area is 186 Å². The number of hydrogen-bond donors (Lipinski definition) is 2. The van der Waals surface area contributed by atoms with Crippen molar-refractivity contribution in [2.45, 2.75) is 53.0 Å². The van der Waals surface area contributed by atoms with Gasteiger partial charge in [-0.1, -0.05) is 26.3 Å². The van der Waals surface area contributed by atoms with Gasteiger partial charge in [-0.05, 0) is 42.4 Å². The van der Waals surface area contributed by atoms with E-state index < -0.39 is 0 Å². The van der Waals surface area contributed by atoms with Crippen LogP contribution < -0.4 is 15.4 Å². The molecule has 1 aliphatic rings. The number of anilines is 1. The highest BCUT2D eigenvalue weighted by Crippen LogP contribution is 2.34. The molecular formula is C21H35IN4O2. The molecule has 0 aliphatic carbocycles. The molecule has 158 valence electrons. The Balaban J connectivity index is 0.00000392. The van der Waals surface area contributed by atoms with Crippen LogP contribution in [0.1, 0.15) is 52.0 Å². The van der Waals surface area contributed by atoms with Gasteiger partial charge in [0.2, 0.25) is 5.91 Å². The number of ether oxygens (including phenoxy) is 1. The van der Waals surface area contributed by atoms with Gasteiger partial charge in [0.05, 0.1) is 12.8 Å². The second-order valence-electron chi connectivity index (χ2n) is 7.70. The second kappa shape index (κ2) is 11.5. The molecule has 1 aromatic carbocycles. The van der Waals surface area contributed by atoms with Crippen LogP contribution in [0.5, 0.6) is 5.75 Å². The predicted molar refractivity (Wildman–Crippen MR) is 127 cm³/mol. The minimum Gasteiger partial charge on any atom is -0.495 e. The first kappa shape index (κ1) is 24.5. The zero-order valence-electron chi connectivity index (χ0n) is 17.8. The molecule has 2 rings (SSSR count). The quantitative estimate of drug-likeness (QED) is 0.347. The summed E-state index contributed by atoms with van der Waals surface area (Å²) in [6.07, 6.45) is 4.95. The van der Waals surface area contributed by atoms with Gasteiger partial charge in [0.15, 0.2) is 5.96 Å². The van der Waals surface area contributed by atoms with E-state index >= 15 is 0 Å². The van der Waals surface area contributed by atoms with Gasteiger partial charge in [0.1, 0.15) is 5.75 Å². The highest BCUT2D eigenvalue weighted by molar-refractivity contribution is 14.0. The molecule has 0 saturated carbocycles. The molecule has 0 spiro atoms. The van der Waals surface area contributed by atoms with Gasteiger partial charge >= 0.3 is 0 Å². The zero-order valence-corrected chi connectivity index (χ0v) is 20.1. The van der Waals surface area contributed by atoms with Crippen LogP contribution in [-0.2, 0) is 11.3 Å². The third-order valence-corrected chi connectivity index (χ3v) is 5.17. The summed E-state index contributed by atoms with van der Waals surface area (Å²) < 4.78 is 5.32. The molecule has 0 bridgehead atoms. The van der Waals surface area contributed by atoms with E-state index in [1.54, 1.807) is 7.11 Å². The summed E-state index contributed by atoms with van der Waals surface area (Å²) >= 11 is 0. The Hall–Kier alpha value is -1.51. The summed E-state index contributed by atoms with van der Waals surface area (Å²) in [7, 11) is 3.44. The lowest BCUT2D eigenvalue weighted by molar-refractivity contribution is -0.114. The van der Waals surface area contributed by atoms with E-state index in [4.69, 9.17) is 4.74 Å². The Kier molecular flexibility index (Phi) is 10.1. The largest absolute Gasteiger partial charge is 0.495 e. The van der Waals surface area contributed by atoms with E-state index in [0.29, 0.717) is 23.4 Å². The third-order valence-electron chi connectivity index (χ3n) is 5.17. The molecule has 1 saturated heterocycles. The lowest BCUT2D eigenvalue weighted by atomic mass is 9.78. The average Bonchev–Trinajstić information content (AvgIpc) is 2.62. The second-order valence-corrected chi connectivity index (χ2v) is 7.70. The van der Waals surface area contributed by atoms with Crippen molar-refractivity contribution in [3.05, 3.63) is 23.8 Å². The van der Waals surface area contributed by atoms with Crippen LogP contribution in [0.2, 0.25) is 0 Å². The van der Waals surface area contributed by atoms with Crippen LogP contribution in [0.4, 0.5) is 5.69 Å². The molecular weight excluding hydrogens is 467 g/mol. The van der Waals surface area contributed by atoms with Crippen molar-refractivity contribution in [3.8, 4) is 5.75 Å². The smallest absolute Gasteiger partial charge is 0.221 e. The molecule has 7 heteroatoms. The van der Waals surface area contributed by atoms with Crippen LogP contribution in [0.25, 0.3) is 0 Å². The number of hydrogen-bond acceptors (Lipinski definition) is 3. The summed E-state index contributed by atoms with van der Waals surface area (Å²) in [4.78, 5) is 18.3. The van der Waals surface area contributed by atoms with Crippen LogP contribution in [0.3, 0.4) is 0 Å². The molecule has 1 amide bonds. The minimum absolute atomic E-state index is 0. The van der Waals surface area contributed by atoms with Gasteiger partial charge in [0.25, 0.3) is 0 Å². The van der Waals surface area contributed by atoms with Crippen molar-refractivity contribution < 1.29 is 9.53 Å². The number of likely N-dealkylation sites (tertiary alicyclic amines) is 1. The molecule has 1 atom stereocenters. The van der Waals surface area contributed by atoms with Crippen molar-refractivity contribution in [2.24, 2.45) is 10.4 Å². The fourth-order valence-electron chi connectivity index (χ4n) is 3.97. The highest BCUT2D eigenvalue weighted by atomic mass is 127. The van der Waals surface area contributed by atoms with Crippen LogP contribution in [0, 0.1) is 5.41 Å². The monoisotopic (exact) mass is 502 g/mol. The molecule has 0 radical (unpaired) electrons. The molecule has 2 N–H and O–H groups in total.